The number of rotatable bonds is 22. The van der Waals surface area contributed by atoms with Crippen LogP contribution in [-0.2, 0) is 29.4 Å². The molecule has 0 bridgehead atoms. The van der Waals surface area contributed by atoms with Gasteiger partial charge in [0.25, 0.3) is 0 Å². The molecule has 0 rings (SSSR count). The fourth-order valence-electron chi connectivity index (χ4n) is 4.36. The summed E-state index contributed by atoms with van der Waals surface area (Å²) in [5, 5.41) is 0. The summed E-state index contributed by atoms with van der Waals surface area (Å²) in [7, 11) is -14.4. The second-order valence-corrected chi connectivity index (χ2v) is 33.4. The fourth-order valence-corrected chi connectivity index (χ4v) is 30.6. The SMILES string of the molecule is CCCC(C(CF)OCCC[Si](O[SiH](C)C)(O[SiH](C)C)O[SiH](C)C)[Si](O[SiH](C)C)(O[SiH](C)C)O[SiH](C)C. The van der Waals surface area contributed by atoms with Gasteiger partial charge in [0.15, 0.2) is 54.2 Å². The molecule has 2 atom stereocenters. The highest BCUT2D eigenvalue weighted by atomic mass is 28.5. The average molecular weight is 667 g/mol. The van der Waals surface area contributed by atoms with E-state index < -0.39 is 84.6 Å². The molecule has 0 amide bonds. The van der Waals surface area contributed by atoms with Crippen LogP contribution in [0.25, 0.3) is 0 Å². The summed E-state index contributed by atoms with van der Waals surface area (Å²) in [6.45, 7) is 27.9. The van der Waals surface area contributed by atoms with E-state index in [1.807, 2.05) is 0 Å². The highest BCUT2D eigenvalue weighted by Gasteiger charge is 2.54. The van der Waals surface area contributed by atoms with Crippen molar-refractivity contribution >= 4 is 71.9 Å². The Morgan fingerprint density at radius 1 is 0.622 bits per heavy atom. The van der Waals surface area contributed by atoms with Crippen molar-refractivity contribution in [1.82, 2.24) is 0 Å². The Bertz CT molecular complexity index is 538. The van der Waals surface area contributed by atoms with Crippen LogP contribution < -0.4 is 0 Å². The maximum Gasteiger partial charge on any atom is 0.475 e. The summed E-state index contributed by atoms with van der Waals surface area (Å²) in [4.78, 5) is 0. The molecule has 0 aliphatic carbocycles. The van der Waals surface area contributed by atoms with Crippen molar-refractivity contribution in [3.05, 3.63) is 0 Å². The monoisotopic (exact) mass is 666 g/mol. The Labute approximate surface area is 240 Å². The molecule has 0 aromatic carbocycles. The third kappa shape index (κ3) is 15.8. The summed E-state index contributed by atoms with van der Waals surface area (Å²) >= 11 is 0. The van der Waals surface area contributed by atoms with Gasteiger partial charge in [-0.2, -0.15) is 0 Å². The topological polar surface area (TPSA) is 64.6 Å². The number of ether oxygens (including phenoxy) is 1. The lowest BCUT2D eigenvalue weighted by molar-refractivity contribution is 0.0150. The number of hydrogen-bond acceptors (Lipinski definition) is 7. The van der Waals surface area contributed by atoms with Crippen molar-refractivity contribution in [2.75, 3.05) is 13.3 Å². The first-order valence-electron chi connectivity index (χ1n) is 14.4. The van der Waals surface area contributed by atoms with E-state index in [-0.39, 0.29) is 5.54 Å². The molecule has 224 valence electrons. The van der Waals surface area contributed by atoms with Crippen molar-refractivity contribution < 1.29 is 33.8 Å². The second kappa shape index (κ2) is 19.5. The minimum Gasteiger partial charge on any atom is -0.420 e. The van der Waals surface area contributed by atoms with Crippen molar-refractivity contribution in [3.8, 4) is 0 Å². The van der Waals surface area contributed by atoms with E-state index in [1.165, 1.54) is 0 Å². The van der Waals surface area contributed by atoms with Gasteiger partial charge in [-0.1, -0.05) is 13.3 Å². The van der Waals surface area contributed by atoms with Crippen LogP contribution in [0.4, 0.5) is 4.39 Å². The highest BCUT2D eigenvalue weighted by Crippen LogP contribution is 2.37. The fraction of sp³-hybridized carbons (Fsp3) is 1.00. The molecule has 16 heteroatoms. The first-order chi connectivity index (χ1) is 17.1. The van der Waals surface area contributed by atoms with E-state index in [0.717, 1.165) is 25.3 Å². The van der Waals surface area contributed by atoms with Crippen LogP contribution in [0.1, 0.15) is 26.2 Å². The van der Waals surface area contributed by atoms with Crippen molar-refractivity contribution in [2.24, 2.45) is 0 Å². The van der Waals surface area contributed by atoms with Gasteiger partial charge >= 0.3 is 17.6 Å². The van der Waals surface area contributed by atoms with E-state index in [1.54, 1.807) is 0 Å². The van der Waals surface area contributed by atoms with E-state index >= 15 is 0 Å². The van der Waals surface area contributed by atoms with Gasteiger partial charge in [-0.25, -0.2) is 4.39 Å². The number of hydrogen-bond donors (Lipinski definition) is 0. The van der Waals surface area contributed by atoms with Gasteiger partial charge in [-0.05, 0) is 91.4 Å². The summed E-state index contributed by atoms with van der Waals surface area (Å²) in [6, 6.07) is 0.717. The van der Waals surface area contributed by atoms with Gasteiger partial charge in [-0.15, -0.1) is 0 Å². The van der Waals surface area contributed by atoms with E-state index in [9.17, 15) is 4.39 Å². The van der Waals surface area contributed by atoms with E-state index in [0.29, 0.717) is 6.61 Å². The zero-order chi connectivity index (χ0) is 28.8. The van der Waals surface area contributed by atoms with Crippen LogP contribution in [0.15, 0.2) is 0 Å². The predicted octanol–water partition coefficient (Wildman–Crippen LogP) is 4.78. The third-order valence-corrected chi connectivity index (χ3v) is 27.2. The molecule has 0 aliphatic heterocycles. The van der Waals surface area contributed by atoms with Crippen molar-refractivity contribution in [1.29, 1.82) is 0 Å². The Morgan fingerprint density at radius 2 is 1.00 bits per heavy atom. The van der Waals surface area contributed by atoms with Gasteiger partial charge < -0.3 is 29.4 Å². The van der Waals surface area contributed by atoms with Crippen LogP contribution in [0, 0.1) is 0 Å². The van der Waals surface area contributed by atoms with E-state index in [2.05, 4.69) is 85.5 Å². The number of halogens is 1. The normalized spacial score (nSPS) is 15.2. The first-order valence-corrected chi connectivity index (χ1v) is 34.8. The standard InChI is InChI=1S/C21H59FO7Si8/c1-14-16-21(37(27-33(8)9,28-34(10)11)29-35(12)13)20(19-22)23-17-15-18-36(24-30(2)3,25-31(4)5)26-32(6)7/h20-21,30-35H,14-19H2,1-13H3. The molecule has 0 fully saturated rings. The molecule has 0 N–H and O–H groups in total. The Balaban J connectivity index is 5.84. The zero-order valence-corrected chi connectivity index (χ0v) is 35.0. The highest BCUT2D eigenvalue weighted by molar-refractivity contribution is 6.81. The summed E-state index contributed by atoms with van der Waals surface area (Å²) in [6.07, 6.45) is 1.79. The minimum absolute atomic E-state index is 0.192. The maximum atomic E-state index is 14.7. The molecule has 0 aliphatic rings. The summed E-state index contributed by atoms with van der Waals surface area (Å²) in [5.41, 5.74) is -0.192. The first kappa shape index (κ1) is 38.4. The number of alkyl halides is 1. The molecule has 7 nitrogen and oxygen atoms in total. The minimum atomic E-state index is -3.11. The molecule has 0 radical (unpaired) electrons. The molecule has 37 heavy (non-hydrogen) atoms. The lowest BCUT2D eigenvalue weighted by Gasteiger charge is -2.43. The molecule has 2 unspecified atom stereocenters. The Kier molecular flexibility index (Phi) is 20.2. The Morgan fingerprint density at radius 3 is 1.30 bits per heavy atom. The molecular weight excluding hydrogens is 608 g/mol. The molecule has 0 spiro atoms. The molecular formula is C21H59FO7Si8. The molecule has 0 saturated carbocycles. The summed E-state index contributed by atoms with van der Waals surface area (Å²) in [5.74, 6) is 0. The van der Waals surface area contributed by atoms with E-state index in [4.69, 9.17) is 29.4 Å². The molecule has 0 heterocycles. The van der Waals surface area contributed by atoms with Crippen molar-refractivity contribution in [3.63, 3.8) is 0 Å². The summed E-state index contributed by atoms with van der Waals surface area (Å²) < 4.78 is 60.5. The van der Waals surface area contributed by atoms with Crippen LogP contribution in [0.2, 0.25) is 90.1 Å². The van der Waals surface area contributed by atoms with Crippen LogP contribution in [0.3, 0.4) is 0 Å². The zero-order valence-electron chi connectivity index (χ0n) is 26.1. The predicted molar refractivity (Wildman–Crippen MR) is 175 cm³/mol. The van der Waals surface area contributed by atoms with Crippen LogP contribution >= 0.6 is 0 Å². The third-order valence-electron chi connectivity index (χ3n) is 5.06. The smallest absolute Gasteiger partial charge is 0.420 e. The second-order valence-electron chi connectivity index (χ2n) is 11.3. The lowest BCUT2D eigenvalue weighted by atomic mass is 10.1. The van der Waals surface area contributed by atoms with Crippen LogP contribution in [-0.4, -0.2) is 91.2 Å². The van der Waals surface area contributed by atoms with Crippen LogP contribution in [0.5, 0.6) is 0 Å². The van der Waals surface area contributed by atoms with Gasteiger partial charge in [0.1, 0.15) is 6.67 Å². The maximum absolute atomic E-state index is 14.7. The average Bonchev–Trinajstić information content (AvgIpc) is 2.69. The van der Waals surface area contributed by atoms with Gasteiger partial charge in [-0.3, -0.25) is 0 Å². The molecule has 0 aromatic heterocycles. The van der Waals surface area contributed by atoms with Crippen molar-refractivity contribution in [2.45, 2.75) is 122 Å². The largest absolute Gasteiger partial charge is 0.475 e. The lowest BCUT2D eigenvalue weighted by Crippen LogP contribution is -2.59. The van der Waals surface area contributed by atoms with Gasteiger partial charge in [0.05, 0.1) is 11.6 Å². The molecule has 0 aromatic rings. The van der Waals surface area contributed by atoms with Gasteiger partial charge in [0, 0.05) is 12.7 Å². The van der Waals surface area contributed by atoms with Gasteiger partial charge in [0.2, 0.25) is 0 Å². The molecule has 0 saturated heterocycles. The Hall–Kier alpha value is 1.39. The quantitative estimate of drug-likeness (QED) is 0.122.